The van der Waals surface area contributed by atoms with Crippen molar-refractivity contribution in [2.45, 2.75) is 51.2 Å². The highest BCUT2D eigenvalue weighted by molar-refractivity contribution is 7.09. The fraction of sp³-hybridized carbons (Fsp3) is 0.435. The molecule has 1 aromatic heterocycles. The molecule has 2 aromatic rings. The Morgan fingerprint density at radius 3 is 2.78 bits per heavy atom. The molecule has 1 N–H and O–H groups in total. The average Bonchev–Trinajstić information content (AvgIpc) is 3.42. The van der Waals surface area contributed by atoms with Gasteiger partial charge < -0.3 is 9.64 Å². The van der Waals surface area contributed by atoms with E-state index in [2.05, 4.69) is 5.48 Å². The first-order valence-corrected chi connectivity index (χ1v) is 11.4. The molecule has 7 nitrogen and oxygen atoms in total. The number of benzene rings is 1. The smallest absolute Gasteiger partial charge is 0.410 e. The summed E-state index contributed by atoms with van der Waals surface area (Å²) in [6, 6.07) is 4.36. The zero-order valence-electron chi connectivity index (χ0n) is 18.3. The number of carbonyl (C=O) groups excluding carboxylic acids is 2. The number of nitrogens with one attached hydrogen (secondary N) is 1. The number of aromatic nitrogens is 1. The normalized spacial score (nSPS) is 19.4. The Labute approximate surface area is 190 Å². The van der Waals surface area contributed by atoms with Crippen LogP contribution in [0.15, 0.2) is 29.7 Å². The van der Waals surface area contributed by atoms with Crippen LogP contribution in [0, 0.1) is 5.82 Å². The molecule has 0 bridgehead atoms. The zero-order valence-corrected chi connectivity index (χ0v) is 19.1. The summed E-state index contributed by atoms with van der Waals surface area (Å²) >= 11 is 1.56. The lowest BCUT2D eigenvalue weighted by molar-refractivity contribution is 0.0204. The van der Waals surface area contributed by atoms with Gasteiger partial charge in [-0.25, -0.2) is 14.2 Å². The first kappa shape index (κ1) is 22.4. The fourth-order valence-electron chi connectivity index (χ4n) is 3.82. The molecule has 0 spiro atoms. The summed E-state index contributed by atoms with van der Waals surface area (Å²) in [5, 5.41) is 2.93. The number of likely N-dealkylation sites (tertiary alicyclic amines) is 1. The minimum Gasteiger partial charge on any atom is -0.444 e. The highest BCUT2D eigenvalue weighted by Gasteiger charge is 2.30. The van der Waals surface area contributed by atoms with Gasteiger partial charge in [-0.15, -0.1) is 11.3 Å². The lowest BCUT2D eigenvalue weighted by Crippen LogP contribution is -2.41. The number of nitrogens with zero attached hydrogens (tertiary/aromatic N) is 2. The van der Waals surface area contributed by atoms with Crippen molar-refractivity contribution in [3.05, 3.63) is 57.3 Å². The molecular formula is C23H26FN3O4S. The molecule has 4 rings (SSSR count). The number of ether oxygens (including phenoxy) is 1. The standard InChI is InChI=1S/C23H26FN3O4S/c1-23(2,3)30-22(29)27-9-7-14(8-10-27)21-25-18(13-32-21)17-11-19(31-26-17)20-15(12-28)5-4-6-16(20)24/h4-6,11-14,19,26H,7-10H2,1-3H3. The lowest BCUT2D eigenvalue weighted by Gasteiger charge is -2.32. The Balaban J connectivity index is 1.42. The minimum atomic E-state index is -0.714. The molecule has 1 fully saturated rings. The van der Waals surface area contributed by atoms with E-state index < -0.39 is 17.5 Å². The largest absolute Gasteiger partial charge is 0.444 e. The summed E-state index contributed by atoms with van der Waals surface area (Å²) in [7, 11) is 0. The van der Waals surface area contributed by atoms with Crippen molar-refractivity contribution in [1.82, 2.24) is 15.4 Å². The van der Waals surface area contributed by atoms with Crippen LogP contribution in [-0.2, 0) is 9.57 Å². The molecule has 1 aromatic carbocycles. The second-order valence-corrected chi connectivity index (χ2v) is 9.78. The molecule has 1 unspecified atom stereocenters. The Kier molecular flexibility index (Phi) is 6.30. The zero-order chi connectivity index (χ0) is 22.9. The van der Waals surface area contributed by atoms with E-state index in [0.717, 1.165) is 17.8 Å². The van der Waals surface area contributed by atoms with Gasteiger partial charge in [0.15, 0.2) is 6.29 Å². The number of amides is 1. The minimum absolute atomic E-state index is 0.204. The van der Waals surface area contributed by atoms with Gasteiger partial charge in [0.25, 0.3) is 0 Å². The van der Waals surface area contributed by atoms with Crippen molar-refractivity contribution in [2.75, 3.05) is 13.1 Å². The Bertz CT molecular complexity index is 1040. The summed E-state index contributed by atoms with van der Waals surface area (Å²) in [6.45, 7) is 6.84. The van der Waals surface area contributed by atoms with Crippen LogP contribution in [0.3, 0.4) is 0 Å². The van der Waals surface area contributed by atoms with Crippen molar-refractivity contribution in [3.63, 3.8) is 0 Å². The van der Waals surface area contributed by atoms with E-state index in [-0.39, 0.29) is 23.1 Å². The van der Waals surface area contributed by atoms with Gasteiger partial charge in [0.05, 0.1) is 16.4 Å². The summed E-state index contributed by atoms with van der Waals surface area (Å²) in [6.07, 6.45) is 3.00. The molecule has 9 heteroatoms. The Morgan fingerprint density at radius 1 is 1.34 bits per heavy atom. The molecule has 2 aliphatic rings. The van der Waals surface area contributed by atoms with Crippen molar-refractivity contribution >= 4 is 29.4 Å². The number of hydroxylamine groups is 1. The van der Waals surface area contributed by atoms with Gasteiger partial charge in [0, 0.05) is 35.5 Å². The van der Waals surface area contributed by atoms with Gasteiger partial charge in [0.2, 0.25) is 0 Å². The van der Waals surface area contributed by atoms with E-state index in [0.29, 0.717) is 30.8 Å². The maximum atomic E-state index is 14.3. The predicted octanol–water partition coefficient (Wildman–Crippen LogP) is 4.83. The van der Waals surface area contributed by atoms with Crippen molar-refractivity contribution in [3.8, 4) is 0 Å². The van der Waals surface area contributed by atoms with Gasteiger partial charge in [-0.2, -0.15) is 0 Å². The SMILES string of the molecule is CC(C)(C)OC(=O)N1CCC(c2nc(C3=CC(c4c(F)cccc4C=O)ON3)cs2)CC1. The average molecular weight is 460 g/mol. The molecular weight excluding hydrogens is 433 g/mol. The molecule has 1 atom stereocenters. The molecule has 2 aliphatic heterocycles. The van der Waals surface area contributed by atoms with E-state index >= 15 is 0 Å². The first-order chi connectivity index (χ1) is 15.2. The van der Waals surface area contributed by atoms with Crippen LogP contribution in [0.2, 0.25) is 0 Å². The van der Waals surface area contributed by atoms with Gasteiger partial charge in [-0.1, -0.05) is 12.1 Å². The van der Waals surface area contributed by atoms with Crippen LogP contribution in [0.25, 0.3) is 5.70 Å². The Morgan fingerprint density at radius 2 is 2.09 bits per heavy atom. The van der Waals surface area contributed by atoms with E-state index in [1.54, 1.807) is 28.4 Å². The van der Waals surface area contributed by atoms with Crippen molar-refractivity contribution < 1.29 is 23.6 Å². The summed E-state index contributed by atoms with van der Waals surface area (Å²) < 4.78 is 19.8. The van der Waals surface area contributed by atoms with E-state index in [4.69, 9.17) is 14.6 Å². The first-order valence-electron chi connectivity index (χ1n) is 10.6. The maximum Gasteiger partial charge on any atom is 0.410 e. The van der Waals surface area contributed by atoms with Gasteiger partial charge in [0.1, 0.15) is 17.5 Å². The van der Waals surface area contributed by atoms with Gasteiger partial charge >= 0.3 is 6.09 Å². The van der Waals surface area contributed by atoms with Crippen LogP contribution in [-0.4, -0.2) is 41.0 Å². The van der Waals surface area contributed by atoms with E-state index in [9.17, 15) is 14.0 Å². The number of thiazole rings is 1. The van der Waals surface area contributed by atoms with Crippen molar-refractivity contribution in [2.24, 2.45) is 0 Å². The third-order valence-electron chi connectivity index (χ3n) is 5.41. The Hall–Kier alpha value is -2.78. The topological polar surface area (TPSA) is 80.8 Å². The number of hydrogen-bond donors (Lipinski definition) is 1. The molecule has 3 heterocycles. The highest BCUT2D eigenvalue weighted by atomic mass is 32.1. The molecule has 1 amide bonds. The van der Waals surface area contributed by atoms with Gasteiger partial charge in [-0.05, 0) is 45.8 Å². The number of aldehydes is 1. The van der Waals surface area contributed by atoms with E-state index in [1.807, 2.05) is 26.2 Å². The maximum absolute atomic E-state index is 14.3. The number of piperidine rings is 1. The number of carbonyl (C=O) groups is 2. The summed E-state index contributed by atoms with van der Waals surface area (Å²) in [4.78, 5) is 35.6. The van der Waals surface area contributed by atoms with Crippen LogP contribution >= 0.6 is 11.3 Å². The van der Waals surface area contributed by atoms with E-state index in [1.165, 1.54) is 12.1 Å². The van der Waals surface area contributed by atoms with Crippen LogP contribution < -0.4 is 5.48 Å². The summed E-state index contributed by atoms with van der Waals surface area (Å²) in [5.74, 6) is -0.228. The van der Waals surface area contributed by atoms with Crippen LogP contribution in [0.4, 0.5) is 9.18 Å². The molecule has 170 valence electrons. The van der Waals surface area contributed by atoms with Crippen LogP contribution in [0.1, 0.15) is 72.3 Å². The number of hydrogen-bond acceptors (Lipinski definition) is 7. The predicted molar refractivity (Wildman–Crippen MR) is 119 cm³/mol. The van der Waals surface area contributed by atoms with Gasteiger partial charge in [-0.3, -0.25) is 15.1 Å². The number of rotatable bonds is 4. The third-order valence-corrected chi connectivity index (χ3v) is 6.41. The second-order valence-electron chi connectivity index (χ2n) is 8.89. The third kappa shape index (κ3) is 4.83. The highest BCUT2D eigenvalue weighted by Crippen LogP contribution is 2.35. The monoisotopic (exact) mass is 459 g/mol. The summed E-state index contributed by atoms with van der Waals surface area (Å²) in [5.41, 5.74) is 4.12. The fourth-order valence-corrected chi connectivity index (χ4v) is 4.81. The molecule has 0 radical (unpaired) electrons. The molecule has 0 saturated carbocycles. The second kappa shape index (κ2) is 8.99. The molecule has 32 heavy (non-hydrogen) atoms. The quantitative estimate of drug-likeness (QED) is 0.660. The molecule has 1 saturated heterocycles. The van der Waals surface area contributed by atoms with Crippen LogP contribution in [0.5, 0.6) is 0 Å². The van der Waals surface area contributed by atoms with Crippen molar-refractivity contribution in [1.29, 1.82) is 0 Å². The number of halogens is 1. The lowest BCUT2D eigenvalue weighted by atomic mass is 9.98. The molecule has 0 aliphatic carbocycles.